The van der Waals surface area contributed by atoms with Crippen molar-refractivity contribution >= 4 is 40.5 Å². The van der Waals surface area contributed by atoms with Gasteiger partial charge in [0.05, 0.1) is 31.3 Å². The molecule has 4 rings (SSSR count). The third-order valence-electron chi connectivity index (χ3n) is 9.15. The Morgan fingerprint density at radius 2 is 1.64 bits per heavy atom. The highest BCUT2D eigenvalue weighted by atomic mass is 16.5. The summed E-state index contributed by atoms with van der Waals surface area (Å²) in [7, 11) is 7.70. The van der Waals surface area contributed by atoms with Gasteiger partial charge in [0.15, 0.2) is 0 Å². The van der Waals surface area contributed by atoms with Crippen molar-refractivity contribution in [2.75, 3.05) is 61.0 Å². The van der Waals surface area contributed by atoms with E-state index in [0.29, 0.717) is 29.7 Å². The highest BCUT2D eigenvalue weighted by molar-refractivity contribution is 6.16. The predicted octanol–water partition coefficient (Wildman–Crippen LogP) is 1.39. The molecule has 0 spiro atoms. The van der Waals surface area contributed by atoms with E-state index in [1.54, 1.807) is 60.7 Å². The first-order chi connectivity index (χ1) is 21.5. The monoisotopic (exact) mass is 626 g/mol. The molecule has 0 radical (unpaired) electrons. The van der Waals surface area contributed by atoms with E-state index in [-0.39, 0.29) is 54.5 Å². The van der Waals surface area contributed by atoms with Crippen molar-refractivity contribution in [1.29, 1.82) is 0 Å². The van der Waals surface area contributed by atoms with Gasteiger partial charge in [0, 0.05) is 51.7 Å². The summed E-state index contributed by atoms with van der Waals surface area (Å²) in [5.41, 5.74) is 1.00. The molecule has 0 bridgehead atoms. The molecule has 1 aromatic heterocycles. The van der Waals surface area contributed by atoms with Crippen LogP contribution < -0.4 is 15.4 Å². The Morgan fingerprint density at radius 3 is 2.24 bits per heavy atom. The van der Waals surface area contributed by atoms with Crippen LogP contribution >= 0.6 is 0 Å². The highest BCUT2D eigenvalue weighted by Gasteiger charge is 2.37. The highest BCUT2D eigenvalue weighted by Crippen LogP contribution is 2.31. The van der Waals surface area contributed by atoms with Crippen LogP contribution in [0.15, 0.2) is 18.2 Å². The lowest BCUT2D eigenvalue weighted by Crippen LogP contribution is -2.59. The van der Waals surface area contributed by atoms with Crippen LogP contribution in [-0.2, 0) is 26.2 Å². The normalized spacial score (nSPS) is 17.0. The van der Waals surface area contributed by atoms with E-state index >= 15 is 0 Å². The van der Waals surface area contributed by atoms with Gasteiger partial charge in [-0.25, -0.2) is 0 Å². The van der Waals surface area contributed by atoms with E-state index in [4.69, 9.17) is 9.47 Å². The molecule has 45 heavy (non-hydrogen) atoms. The molecular formula is C32H46N6O7. The molecule has 1 saturated heterocycles. The Hall–Kier alpha value is -4.13. The maximum absolute atomic E-state index is 14.1. The second-order valence-electron chi connectivity index (χ2n) is 11.9. The molecule has 2 aliphatic rings. The molecule has 13 heteroatoms. The summed E-state index contributed by atoms with van der Waals surface area (Å²) in [6.45, 7) is 2.61. The van der Waals surface area contributed by atoms with E-state index in [2.05, 4.69) is 10.6 Å². The molecule has 4 amide bonds. The van der Waals surface area contributed by atoms with Crippen molar-refractivity contribution in [3.05, 3.63) is 29.5 Å². The fourth-order valence-corrected chi connectivity index (χ4v) is 6.27. The van der Waals surface area contributed by atoms with Crippen LogP contribution in [0.5, 0.6) is 5.75 Å². The summed E-state index contributed by atoms with van der Waals surface area (Å²) in [5, 5.41) is 6.50. The van der Waals surface area contributed by atoms with Gasteiger partial charge in [0.1, 0.15) is 24.0 Å². The van der Waals surface area contributed by atoms with Crippen molar-refractivity contribution in [2.24, 2.45) is 13.0 Å². The third kappa shape index (κ3) is 7.24. The molecule has 2 aromatic rings. The number of carbonyl (C=O) groups is 5. The quantitative estimate of drug-likeness (QED) is 0.377. The minimum absolute atomic E-state index is 0.0715. The van der Waals surface area contributed by atoms with Crippen molar-refractivity contribution in [1.82, 2.24) is 29.9 Å². The Bertz CT molecular complexity index is 1420. The second-order valence-corrected chi connectivity index (χ2v) is 11.9. The van der Waals surface area contributed by atoms with Crippen molar-refractivity contribution in [3.8, 4) is 5.75 Å². The van der Waals surface area contributed by atoms with Gasteiger partial charge in [-0.2, -0.15) is 0 Å². The smallest absolute Gasteiger partial charge is 0.325 e. The van der Waals surface area contributed by atoms with E-state index < -0.39 is 24.0 Å². The lowest BCUT2D eigenvalue weighted by Gasteiger charge is -2.39. The molecule has 1 aromatic carbocycles. The lowest BCUT2D eigenvalue weighted by atomic mass is 9.83. The van der Waals surface area contributed by atoms with Gasteiger partial charge in [-0.3, -0.25) is 24.0 Å². The van der Waals surface area contributed by atoms with Gasteiger partial charge in [-0.1, -0.05) is 19.3 Å². The number of aromatic nitrogens is 1. The molecule has 2 heterocycles. The lowest BCUT2D eigenvalue weighted by molar-refractivity contribution is -0.141. The molecule has 13 nitrogen and oxygen atoms in total. The number of nitrogens with zero attached hydrogens (tertiary/aromatic N) is 4. The number of likely N-dealkylation sites (N-methyl/N-ethyl adjacent to an activating group) is 2. The van der Waals surface area contributed by atoms with Crippen LogP contribution in [0.3, 0.4) is 0 Å². The Balaban J connectivity index is 1.57. The molecule has 1 aliphatic carbocycles. The number of hydrogen-bond acceptors (Lipinski definition) is 8. The second kappa shape index (κ2) is 14.8. The number of piperazine rings is 1. The minimum Gasteiger partial charge on any atom is -0.497 e. The molecule has 246 valence electrons. The van der Waals surface area contributed by atoms with Gasteiger partial charge in [-0.15, -0.1) is 0 Å². The third-order valence-corrected chi connectivity index (χ3v) is 9.15. The molecule has 2 atom stereocenters. The molecule has 2 fully saturated rings. The number of esters is 1. The maximum atomic E-state index is 14.1. The van der Waals surface area contributed by atoms with Crippen LogP contribution in [0.2, 0.25) is 0 Å². The van der Waals surface area contributed by atoms with Crippen LogP contribution in [0.4, 0.5) is 0 Å². The Kier molecular flexibility index (Phi) is 11.1. The van der Waals surface area contributed by atoms with E-state index in [9.17, 15) is 24.0 Å². The number of aryl methyl sites for hydroxylation is 1. The summed E-state index contributed by atoms with van der Waals surface area (Å²) in [4.78, 5) is 71.0. The number of ether oxygens (including phenoxy) is 2. The first kappa shape index (κ1) is 33.8. The van der Waals surface area contributed by atoms with Crippen LogP contribution in [0.25, 0.3) is 10.9 Å². The molecule has 1 aliphatic heterocycles. The summed E-state index contributed by atoms with van der Waals surface area (Å²) in [6, 6.07) is 4.17. The average molecular weight is 627 g/mol. The average Bonchev–Trinajstić information content (AvgIpc) is 3.36. The van der Waals surface area contributed by atoms with E-state index in [1.807, 2.05) is 0 Å². The Labute approximate surface area is 264 Å². The van der Waals surface area contributed by atoms with Crippen LogP contribution in [0, 0.1) is 5.92 Å². The van der Waals surface area contributed by atoms with Gasteiger partial charge < -0.3 is 39.4 Å². The summed E-state index contributed by atoms with van der Waals surface area (Å²) in [5.74, 6) is -1.11. The fourth-order valence-electron chi connectivity index (χ4n) is 6.27. The van der Waals surface area contributed by atoms with Crippen LogP contribution in [-0.4, -0.2) is 122 Å². The first-order valence-corrected chi connectivity index (χ1v) is 15.6. The number of methoxy groups -OCH3 is 2. The van der Waals surface area contributed by atoms with Crippen molar-refractivity contribution < 1.29 is 33.4 Å². The summed E-state index contributed by atoms with van der Waals surface area (Å²) < 4.78 is 11.8. The van der Waals surface area contributed by atoms with E-state index in [0.717, 1.165) is 32.1 Å². The number of benzene rings is 1. The molecule has 1 saturated carbocycles. The summed E-state index contributed by atoms with van der Waals surface area (Å²) in [6.07, 6.45) is 4.96. The van der Waals surface area contributed by atoms with E-state index in [1.165, 1.54) is 19.1 Å². The number of rotatable bonds is 10. The zero-order valence-corrected chi connectivity index (χ0v) is 27.2. The SMILES string of the molecule is CN[C@@H](C)C(=O)N[C@H](C(=O)N1CCN(C(=O)c2c(C(=O)N(C)CC(=O)OC)c3ccc(OC)cc3n2C)CC1)C1CCCCC1. The molecule has 2 N–H and O–H groups in total. The topological polar surface area (TPSA) is 143 Å². The van der Waals surface area contributed by atoms with Crippen LogP contribution in [0.1, 0.15) is 59.9 Å². The zero-order chi connectivity index (χ0) is 32.8. The van der Waals surface area contributed by atoms with Crippen molar-refractivity contribution in [2.45, 2.75) is 51.1 Å². The number of hydrogen-bond donors (Lipinski definition) is 2. The molecule has 0 unspecified atom stereocenters. The van der Waals surface area contributed by atoms with Gasteiger partial charge in [-0.05, 0) is 44.9 Å². The minimum atomic E-state index is -0.612. The van der Waals surface area contributed by atoms with Gasteiger partial charge in [0.2, 0.25) is 11.8 Å². The predicted molar refractivity (Wildman–Crippen MR) is 168 cm³/mol. The largest absolute Gasteiger partial charge is 0.497 e. The van der Waals surface area contributed by atoms with Gasteiger partial charge >= 0.3 is 5.97 Å². The first-order valence-electron chi connectivity index (χ1n) is 15.6. The standard InChI is InChI=1S/C32H46N6O7/c1-20(33-2)29(40)34-27(21-10-8-7-9-11-21)31(42)37-14-16-38(17-15-37)32(43)28-26(30(41)35(3)19-25(39)45-6)23-13-12-22(44-5)18-24(23)36(28)4/h12-13,18,20-21,27,33H,7-11,14-17,19H2,1-6H3,(H,34,40)/t20-,27-/m0/s1. The Morgan fingerprint density at radius 1 is 1.00 bits per heavy atom. The number of carbonyl (C=O) groups excluding carboxylic acids is 5. The number of nitrogens with one attached hydrogen (secondary N) is 2. The number of fused-ring (bicyclic) bond motifs is 1. The number of amides is 4. The fraction of sp³-hybridized carbons (Fsp3) is 0.594. The summed E-state index contributed by atoms with van der Waals surface area (Å²) >= 11 is 0. The maximum Gasteiger partial charge on any atom is 0.325 e. The van der Waals surface area contributed by atoms with Gasteiger partial charge in [0.25, 0.3) is 11.8 Å². The van der Waals surface area contributed by atoms with Crippen molar-refractivity contribution in [3.63, 3.8) is 0 Å². The zero-order valence-electron chi connectivity index (χ0n) is 27.2. The molecular weight excluding hydrogens is 580 g/mol.